The number of carbonyl (C=O) groups is 2. The van der Waals surface area contributed by atoms with Crippen molar-refractivity contribution in [2.75, 3.05) is 7.11 Å². The minimum atomic E-state index is -0.710. The molecule has 0 unspecified atom stereocenters. The SMILES string of the molecule is COC(=O)/C(C)=C1/OC(=O)C(/C=C/c2ccccc2)=C1O. The van der Waals surface area contributed by atoms with Gasteiger partial charge < -0.3 is 14.6 Å². The maximum Gasteiger partial charge on any atom is 0.347 e. The first-order chi connectivity index (χ1) is 10.0. The lowest BCUT2D eigenvalue weighted by molar-refractivity contribution is -0.136. The standard InChI is InChI=1S/C16H14O5/c1-10(15(18)20-2)14-13(17)12(16(19)21-14)9-8-11-6-4-3-5-7-11/h3-9,17H,1-2H3/b9-8+,14-10+. The molecule has 0 radical (unpaired) electrons. The van der Waals surface area contributed by atoms with Crippen LogP contribution in [-0.2, 0) is 19.1 Å². The Bertz CT molecular complexity index is 665. The normalized spacial score (nSPS) is 17.1. The number of aliphatic hydroxyl groups excluding tert-OH is 1. The molecule has 0 fully saturated rings. The van der Waals surface area contributed by atoms with Crippen molar-refractivity contribution in [2.45, 2.75) is 6.92 Å². The molecule has 0 amide bonds. The fourth-order valence-electron chi connectivity index (χ4n) is 1.81. The Balaban J connectivity index is 2.35. The Kier molecular flexibility index (Phi) is 4.23. The molecule has 1 aliphatic rings. The van der Waals surface area contributed by atoms with Crippen molar-refractivity contribution in [1.82, 2.24) is 0 Å². The summed E-state index contributed by atoms with van der Waals surface area (Å²) in [4.78, 5) is 23.2. The van der Waals surface area contributed by atoms with Gasteiger partial charge in [0, 0.05) is 0 Å². The minimum absolute atomic E-state index is 0.00268. The van der Waals surface area contributed by atoms with E-state index in [0.717, 1.165) is 5.56 Å². The third-order valence-corrected chi connectivity index (χ3v) is 2.96. The van der Waals surface area contributed by atoms with Crippen LogP contribution in [0.4, 0.5) is 0 Å². The summed E-state index contributed by atoms with van der Waals surface area (Å²) < 4.78 is 9.46. The molecule has 0 aliphatic carbocycles. The van der Waals surface area contributed by atoms with Crippen LogP contribution in [0.15, 0.2) is 59.1 Å². The Morgan fingerprint density at radius 3 is 2.52 bits per heavy atom. The zero-order chi connectivity index (χ0) is 15.4. The molecule has 1 heterocycles. The van der Waals surface area contributed by atoms with Crippen molar-refractivity contribution in [1.29, 1.82) is 0 Å². The number of hydrogen-bond acceptors (Lipinski definition) is 5. The zero-order valence-corrected chi connectivity index (χ0v) is 11.6. The zero-order valence-electron chi connectivity index (χ0n) is 11.6. The number of aliphatic hydroxyl groups is 1. The summed E-state index contributed by atoms with van der Waals surface area (Å²) in [5, 5.41) is 10.0. The van der Waals surface area contributed by atoms with Crippen LogP contribution in [-0.4, -0.2) is 24.2 Å². The maximum absolute atomic E-state index is 11.8. The Morgan fingerprint density at radius 2 is 1.90 bits per heavy atom. The molecule has 0 saturated heterocycles. The van der Waals surface area contributed by atoms with Crippen LogP contribution in [0.3, 0.4) is 0 Å². The summed E-state index contributed by atoms with van der Waals surface area (Å²) >= 11 is 0. The van der Waals surface area contributed by atoms with Crippen LogP contribution < -0.4 is 0 Å². The predicted octanol–water partition coefficient (Wildman–Crippen LogP) is 2.52. The molecule has 0 saturated carbocycles. The molecule has 0 spiro atoms. The van der Waals surface area contributed by atoms with Crippen molar-refractivity contribution in [3.8, 4) is 0 Å². The van der Waals surface area contributed by atoms with Gasteiger partial charge in [-0.2, -0.15) is 0 Å². The maximum atomic E-state index is 11.8. The third-order valence-electron chi connectivity index (χ3n) is 2.96. The third kappa shape index (κ3) is 3.02. The van der Waals surface area contributed by atoms with E-state index in [2.05, 4.69) is 4.74 Å². The number of benzene rings is 1. The van der Waals surface area contributed by atoms with Crippen LogP contribution in [0.1, 0.15) is 12.5 Å². The second-order valence-electron chi connectivity index (χ2n) is 4.34. The summed E-state index contributed by atoms with van der Waals surface area (Å²) in [6.45, 7) is 1.41. The Morgan fingerprint density at radius 1 is 1.24 bits per heavy atom. The van der Waals surface area contributed by atoms with Crippen LogP contribution >= 0.6 is 0 Å². The van der Waals surface area contributed by atoms with Gasteiger partial charge in [-0.15, -0.1) is 0 Å². The van der Waals surface area contributed by atoms with E-state index in [9.17, 15) is 14.7 Å². The van der Waals surface area contributed by atoms with Gasteiger partial charge in [0.25, 0.3) is 0 Å². The number of ether oxygens (including phenoxy) is 2. The van der Waals surface area contributed by atoms with Gasteiger partial charge in [0.1, 0.15) is 5.57 Å². The molecule has 108 valence electrons. The van der Waals surface area contributed by atoms with Crippen LogP contribution in [0.2, 0.25) is 0 Å². The van der Waals surface area contributed by atoms with Gasteiger partial charge in [0.05, 0.1) is 12.7 Å². The van der Waals surface area contributed by atoms with Crippen LogP contribution in [0.5, 0.6) is 0 Å². The molecular weight excluding hydrogens is 272 g/mol. The number of methoxy groups -OCH3 is 1. The lowest BCUT2D eigenvalue weighted by Gasteiger charge is -2.02. The van der Waals surface area contributed by atoms with E-state index < -0.39 is 11.9 Å². The summed E-state index contributed by atoms with van der Waals surface area (Å²) in [6, 6.07) is 9.29. The van der Waals surface area contributed by atoms with Gasteiger partial charge in [-0.05, 0) is 18.6 Å². The molecule has 5 nitrogen and oxygen atoms in total. The number of carbonyl (C=O) groups excluding carboxylic acids is 2. The summed E-state index contributed by atoms with van der Waals surface area (Å²) in [6.07, 6.45) is 3.12. The van der Waals surface area contributed by atoms with Crippen molar-refractivity contribution in [3.63, 3.8) is 0 Å². The average molecular weight is 286 g/mol. The Hall–Kier alpha value is -2.82. The number of hydrogen-bond donors (Lipinski definition) is 1. The first-order valence-electron chi connectivity index (χ1n) is 6.22. The number of rotatable bonds is 3. The molecule has 21 heavy (non-hydrogen) atoms. The largest absolute Gasteiger partial charge is 0.504 e. The molecule has 0 aromatic heterocycles. The highest BCUT2D eigenvalue weighted by atomic mass is 16.6. The molecule has 1 aromatic rings. The van der Waals surface area contributed by atoms with Crippen molar-refractivity contribution in [2.24, 2.45) is 0 Å². The van der Waals surface area contributed by atoms with Gasteiger partial charge >= 0.3 is 11.9 Å². The van der Waals surface area contributed by atoms with Crippen LogP contribution in [0, 0.1) is 0 Å². The summed E-state index contributed by atoms with van der Waals surface area (Å²) in [5.74, 6) is -1.91. The molecule has 1 aliphatic heterocycles. The second kappa shape index (κ2) is 6.09. The van der Waals surface area contributed by atoms with Gasteiger partial charge in [-0.3, -0.25) is 0 Å². The fourth-order valence-corrected chi connectivity index (χ4v) is 1.81. The molecule has 1 N–H and O–H groups in total. The molecular formula is C16H14O5. The van der Waals surface area contributed by atoms with Gasteiger partial charge in [0.2, 0.25) is 0 Å². The van der Waals surface area contributed by atoms with E-state index in [1.807, 2.05) is 30.3 Å². The topological polar surface area (TPSA) is 72.8 Å². The van der Waals surface area contributed by atoms with E-state index in [0.29, 0.717) is 0 Å². The first-order valence-corrected chi connectivity index (χ1v) is 6.22. The van der Waals surface area contributed by atoms with Gasteiger partial charge in [0.15, 0.2) is 11.5 Å². The molecule has 0 bridgehead atoms. The highest BCUT2D eigenvalue weighted by Gasteiger charge is 2.31. The molecule has 1 aromatic carbocycles. The summed E-state index contributed by atoms with van der Waals surface area (Å²) in [7, 11) is 1.21. The van der Waals surface area contributed by atoms with E-state index >= 15 is 0 Å². The quantitative estimate of drug-likeness (QED) is 0.682. The lowest BCUT2D eigenvalue weighted by Crippen LogP contribution is -2.06. The van der Waals surface area contributed by atoms with Crippen molar-refractivity contribution < 1.29 is 24.2 Å². The van der Waals surface area contributed by atoms with Gasteiger partial charge in [-0.25, -0.2) is 9.59 Å². The molecule has 2 rings (SSSR count). The molecule has 5 heteroatoms. The van der Waals surface area contributed by atoms with E-state index in [4.69, 9.17) is 4.74 Å². The minimum Gasteiger partial charge on any atom is -0.504 e. The second-order valence-corrected chi connectivity index (χ2v) is 4.34. The van der Waals surface area contributed by atoms with Crippen molar-refractivity contribution >= 4 is 18.0 Å². The predicted molar refractivity (Wildman–Crippen MR) is 75.9 cm³/mol. The number of esters is 2. The first kappa shape index (κ1) is 14.6. The fraction of sp³-hybridized carbons (Fsp3) is 0.125. The van der Waals surface area contributed by atoms with Gasteiger partial charge in [-0.1, -0.05) is 36.4 Å². The van der Waals surface area contributed by atoms with E-state index in [-0.39, 0.29) is 22.7 Å². The van der Waals surface area contributed by atoms with Crippen molar-refractivity contribution in [3.05, 3.63) is 64.6 Å². The summed E-state index contributed by atoms with van der Waals surface area (Å²) in [5.41, 5.74) is 0.899. The highest BCUT2D eigenvalue weighted by molar-refractivity contribution is 6.00. The smallest absolute Gasteiger partial charge is 0.347 e. The molecule has 0 atom stereocenters. The van der Waals surface area contributed by atoms with E-state index in [1.54, 1.807) is 6.08 Å². The number of cyclic esters (lactones) is 1. The monoisotopic (exact) mass is 286 g/mol. The average Bonchev–Trinajstić information content (AvgIpc) is 2.79. The Labute approximate surface area is 121 Å². The van der Waals surface area contributed by atoms with E-state index in [1.165, 1.54) is 20.1 Å². The van der Waals surface area contributed by atoms with Crippen LogP contribution in [0.25, 0.3) is 6.08 Å². The lowest BCUT2D eigenvalue weighted by atomic mass is 10.1. The highest BCUT2D eigenvalue weighted by Crippen LogP contribution is 2.28.